The molecule has 0 radical (unpaired) electrons. The molecular formula is C24H28N2O4. The lowest BCUT2D eigenvalue weighted by Gasteiger charge is -2.12. The number of carboxylic acids is 1. The number of aryl methyl sites for hydroxylation is 1. The minimum Gasteiger partial charge on any atom is -0.497 e. The van der Waals surface area contributed by atoms with E-state index in [1.165, 1.54) is 0 Å². The average molecular weight is 408 g/mol. The number of rotatable bonds is 8. The van der Waals surface area contributed by atoms with Gasteiger partial charge in [-0.15, -0.1) is 0 Å². The van der Waals surface area contributed by atoms with Gasteiger partial charge >= 0.3 is 5.97 Å². The zero-order chi connectivity index (χ0) is 21.8. The van der Waals surface area contributed by atoms with Crippen LogP contribution in [0.4, 0.5) is 0 Å². The van der Waals surface area contributed by atoms with Gasteiger partial charge in [-0.2, -0.15) is 0 Å². The van der Waals surface area contributed by atoms with Crippen LogP contribution in [-0.2, 0) is 13.1 Å². The molecule has 2 N–H and O–H groups in total. The second-order valence-electron chi connectivity index (χ2n) is 7.28. The van der Waals surface area contributed by atoms with Crippen LogP contribution in [0.1, 0.15) is 38.4 Å². The Labute approximate surface area is 177 Å². The Bertz CT molecular complexity index is 1050. The SMILES string of the molecule is COc1ccc(CNCc2c(C(=O)O)c(C)n(-c3ccc(C)cc3)c2C)c(OC)c1. The minimum atomic E-state index is -0.916. The molecule has 0 fully saturated rings. The van der Waals surface area contributed by atoms with Crippen molar-refractivity contribution in [2.45, 2.75) is 33.9 Å². The molecule has 0 bridgehead atoms. The van der Waals surface area contributed by atoms with Crippen molar-refractivity contribution < 1.29 is 19.4 Å². The van der Waals surface area contributed by atoms with Gasteiger partial charge in [0, 0.05) is 47.4 Å². The first-order valence-corrected chi connectivity index (χ1v) is 9.80. The summed E-state index contributed by atoms with van der Waals surface area (Å²) in [5.41, 5.74) is 5.87. The Morgan fingerprint density at radius 3 is 2.27 bits per heavy atom. The van der Waals surface area contributed by atoms with Crippen LogP contribution in [-0.4, -0.2) is 29.9 Å². The van der Waals surface area contributed by atoms with Crippen molar-refractivity contribution in [2.24, 2.45) is 0 Å². The summed E-state index contributed by atoms with van der Waals surface area (Å²) in [6, 6.07) is 13.7. The second-order valence-corrected chi connectivity index (χ2v) is 7.28. The van der Waals surface area contributed by atoms with Crippen molar-refractivity contribution in [3.8, 4) is 17.2 Å². The average Bonchev–Trinajstić information content (AvgIpc) is 2.98. The van der Waals surface area contributed by atoms with Crippen LogP contribution in [0.5, 0.6) is 11.5 Å². The lowest BCUT2D eigenvalue weighted by molar-refractivity contribution is 0.0695. The van der Waals surface area contributed by atoms with Crippen molar-refractivity contribution in [3.05, 3.63) is 76.1 Å². The van der Waals surface area contributed by atoms with Gasteiger partial charge in [0.25, 0.3) is 0 Å². The van der Waals surface area contributed by atoms with Gasteiger partial charge in [0.15, 0.2) is 0 Å². The molecule has 0 saturated carbocycles. The van der Waals surface area contributed by atoms with Gasteiger partial charge in [-0.25, -0.2) is 4.79 Å². The van der Waals surface area contributed by atoms with Crippen molar-refractivity contribution in [1.82, 2.24) is 9.88 Å². The standard InChI is InChI=1S/C24H28N2O4/c1-15-6-9-19(10-7-15)26-16(2)21(23(17(26)3)24(27)28)14-25-13-18-8-11-20(29-4)12-22(18)30-5/h6-12,25H,13-14H2,1-5H3,(H,27,28). The molecule has 3 aromatic rings. The summed E-state index contributed by atoms with van der Waals surface area (Å²) in [5.74, 6) is 0.538. The third-order valence-electron chi connectivity index (χ3n) is 5.39. The zero-order valence-electron chi connectivity index (χ0n) is 18.1. The number of ether oxygens (including phenoxy) is 2. The van der Waals surface area contributed by atoms with E-state index >= 15 is 0 Å². The van der Waals surface area contributed by atoms with E-state index in [4.69, 9.17) is 9.47 Å². The van der Waals surface area contributed by atoms with Crippen molar-refractivity contribution >= 4 is 5.97 Å². The normalized spacial score (nSPS) is 10.8. The molecule has 6 heteroatoms. The molecule has 0 spiro atoms. The van der Waals surface area contributed by atoms with E-state index in [1.807, 2.05) is 67.8 Å². The number of nitrogens with zero attached hydrogens (tertiary/aromatic N) is 1. The molecule has 2 aromatic carbocycles. The van der Waals surface area contributed by atoms with Crippen LogP contribution in [0, 0.1) is 20.8 Å². The number of benzene rings is 2. The van der Waals surface area contributed by atoms with E-state index in [0.29, 0.717) is 18.7 Å². The summed E-state index contributed by atoms with van der Waals surface area (Å²) >= 11 is 0. The molecule has 1 heterocycles. The van der Waals surface area contributed by atoms with Crippen LogP contribution in [0.3, 0.4) is 0 Å². The number of hydrogen-bond acceptors (Lipinski definition) is 4. The third-order valence-corrected chi connectivity index (χ3v) is 5.39. The molecular weight excluding hydrogens is 380 g/mol. The number of hydrogen-bond donors (Lipinski definition) is 2. The largest absolute Gasteiger partial charge is 0.497 e. The van der Waals surface area contributed by atoms with Crippen LogP contribution >= 0.6 is 0 Å². The van der Waals surface area contributed by atoms with Gasteiger partial charge in [0.05, 0.1) is 19.8 Å². The highest BCUT2D eigenvalue weighted by Gasteiger charge is 2.23. The summed E-state index contributed by atoms with van der Waals surface area (Å²) < 4.78 is 12.7. The van der Waals surface area contributed by atoms with Crippen LogP contribution in [0.25, 0.3) is 5.69 Å². The van der Waals surface area contributed by atoms with Gasteiger partial charge in [-0.05, 0) is 39.0 Å². The molecule has 0 aliphatic heterocycles. The van der Waals surface area contributed by atoms with E-state index in [-0.39, 0.29) is 0 Å². The summed E-state index contributed by atoms with van der Waals surface area (Å²) in [5, 5.41) is 13.2. The predicted molar refractivity (Wildman–Crippen MR) is 117 cm³/mol. The Morgan fingerprint density at radius 1 is 0.967 bits per heavy atom. The minimum absolute atomic E-state index is 0.349. The fourth-order valence-electron chi connectivity index (χ4n) is 3.80. The maximum Gasteiger partial charge on any atom is 0.337 e. The topological polar surface area (TPSA) is 72.7 Å². The lowest BCUT2D eigenvalue weighted by Crippen LogP contribution is -2.16. The predicted octanol–water partition coefficient (Wildman–Crippen LogP) is 4.41. The lowest BCUT2D eigenvalue weighted by atomic mass is 10.1. The smallest absolute Gasteiger partial charge is 0.337 e. The maximum atomic E-state index is 12.0. The van der Waals surface area contributed by atoms with E-state index in [1.54, 1.807) is 14.2 Å². The fraction of sp³-hybridized carbons (Fsp3) is 0.292. The summed E-state index contributed by atoms with van der Waals surface area (Å²) in [7, 11) is 3.24. The third kappa shape index (κ3) is 4.19. The highest BCUT2D eigenvalue weighted by molar-refractivity contribution is 5.91. The summed E-state index contributed by atoms with van der Waals surface area (Å²) in [4.78, 5) is 12.0. The molecule has 0 aliphatic rings. The van der Waals surface area contributed by atoms with Gasteiger partial charge < -0.3 is 24.5 Å². The zero-order valence-corrected chi connectivity index (χ0v) is 18.1. The molecule has 1 aromatic heterocycles. The van der Waals surface area contributed by atoms with Gasteiger partial charge in [-0.3, -0.25) is 0 Å². The second kappa shape index (κ2) is 9.05. The number of aromatic nitrogens is 1. The Hall–Kier alpha value is -3.25. The molecule has 0 amide bonds. The number of carboxylic acid groups (broad SMARTS) is 1. The molecule has 158 valence electrons. The maximum absolute atomic E-state index is 12.0. The molecule has 0 saturated heterocycles. The van der Waals surface area contributed by atoms with Crippen LogP contribution < -0.4 is 14.8 Å². The van der Waals surface area contributed by atoms with Gasteiger partial charge in [-0.1, -0.05) is 23.8 Å². The monoisotopic (exact) mass is 408 g/mol. The van der Waals surface area contributed by atoms with Crippen molar-refractivity contribution in [2.75, 3.05) is 14.2 Å². The van der Waals surface area contributed by atoms with Crippen molar-refractivity contribution in [3.63, 3.8) is 0 Å². The van der Waals surface area contributed by atoms with E-state index in [2.05, 4.69) is 5.32 Å². The van der Waals surface area contributed by atoms with E-state index < -0.39 is 5.97 Å². The number of nitrogens with one attached hydrogen (secondary N) is 1. The quantitative estimate of drug-likeness (QED) is 0.578. The fourth-order valence-corrected chi connectivity index (χ4v) is 3.80. The molecule has 0 aliphatic carbocycles. The number of carbonyl (C=O) groups is 1. The molecule has 6 nitrogen and oxygen atoms in total. The number of methoxy groups -OCH3 is 2. The van der Waals surface area contributed by atoms with E-state index in [0.717, 1.165) is 45.3 Å². The summed E-state index contributed by atoms with van der Waals surface area (Å²) in [6.45, 7) is 6.82. The van der Waals surface area contributed by atoms with Crippen LogP contribution in [0.15, 0.2) is 42.5 Å². The van der Waals surface area contributed by atoms with Gasteiger partial charge in [0.1, 0.15) is 11.5 Å². The highest BCUT2D eigenvalue weighted by atomic mass is 16.5. The number of aromatic carboxylic acids is 1. The molecule has 3 rings (SSSR count). The van der Waals surface area contributed by atoms with Crippen molar-refractivity contribution in [1.29, 1.82) is 0 Å². The summed E-state index contributed by atoms with van der Waals surface area (Å²) in [6.07, 6.45) is 0. The highest BCUT2D eigenvalue weighted by Crippen LogP contribution is 2.28. The molecule has 0 unspecified atom stereocenters. The Balaban J connectivity index is 1.88. The first-order valence-electron chi connectivity index (χ1n) is 9.80. The first kappa shape index (κ1) is 21.5. The molecule has 30 heavy (non-hydrogen) atoms. The Morgan fingerprint density at radius 2 is 1.67 bits per heavy atom. The van der Waals surface area contributed by atoms with E-state index in [9.17, 15) is 9.90 Å². The molecule has 0 atom stereocenters. The first-order chi connectivity index (χ1) is 14.4. The Kier molecular flexibility index (Phi) is 6.47. The van der Waals surface area contributed by atoms with Crippen LogP contribution in [0.2, 0.25) is 0 Å². The van der Waals surface area contributed by atoms with Gasteiger partial charge in [0.2, 0.25) is 0 Å².